The summed E-state index contributed by atoms with van der Waals surface area (Å²) in [4.78, 5) is 37.7. The third-order valence-electron chi connectivity index (χ3n) is 7.92. The number of phenolic OH excluding ortho intramolecular Hbond substituents is 1. The average Bonchev–Trinajstić information content (AvgIpc) is 2.89. The molecule has 0 aromatic heterocycles. The van der Waals surface area contributed by atoms with E-state index >= 15 is 4.39 Å². The molecule has 2 aromatic carbocycles. The Morgan fingerprint density at radius 3 is 2.42 bits per heavy atom. The summed E-state index contributed by atoms with van der Waals surface area (Å²) in [6.45, 7) is -0.462. The van der Waals surface area contributed by atoms with Gasteiger partial charge in [0.2, 0.25) is 15.8 Å². The maximum absolute atomic E-state index is 15.8. The number of hydrogen-bond acceptors (Lipinski definition) is 9. The van der Waals surface area contributed by atoms with Crippen LogP contribution >= 0.6 is 0 Å². The highest BCUT2D eigenvalue weighted by molar-refractivity contribution is 7.89. The molecule has 3 aliphatic carbocycles. The van der Waals surface area contributed by atoms with Gasteiger partial charge in [-0.15, -0.1) is 0 Å². The molecule has 3 aliphatic rings. The number of Topliss-reactive ketones (excluding diaryl/α,β-unsaturated/α-hetero) is 2. The Kier molecular flexibility index (Phi) is 6.36. The number of ketones is 2. The standard InChI is InChI=1S/C27H25FN2O9S/c1-30(40(38,39)15-5-3-2-4-6-15)11-13-9-17(31)20-16(22(13)28)8-12-7-14-10-18(32)21(26(29)36)25(35)27(14,37)24(34)19(12)23(20)33/h2-6,9,12,14,31,33,35,37H,7-8,10-11H2,1H3,(H2,29,36)/t12?,14-,27-/m0/s1. The Hall–Kier alpha value is -4.07. The highest BCUT2D eigenvalue weighted by Gasteiger charge is 2.60. The average molecular weight is 573 g/mol. The number of hydrogen-bond donors (Lipinski definition) is 5. The van der Waals surface area contributed by atoms with Crippen molar-refractivity contribution in [2.24, 2.45) is 17.6 Å². The van der Waals surface area contributed by atoms with Gasteiger partial charge in [-0.05, 0) is 37.0 Å². The molecular weight excluding hydrogens is 547 g/mol. The molecule has 3 atom stereocenters. The monoisotopic (exact) mass is 572 g/mol. The first-order chi connectivity index (χ1) is 18.7. The van der Waals surface area contributed by atoms with Crippen molar-refractivity contribution >= 4 is 33.3 Å². The van der Waals surface area contributed by atoms with E-state index in [1.165, 1.54) is 31.3 Å². The Labute approximate surface area is 227 Å². The van der Waals surface area contributed by atoms with Gasteiger partial charge in [-0.25, -0.2) is 12.8 Å². The molecule has 2 aromatic rings. The number of carbonyl (C=O) groups is 3. The number of rotatable bonds is 5. The third kappa shape index (κ3) is 3.84. The fourth-order valence-electron chi connectivity index (χ4n) is 5.94. The number of amides is 1. The number of sulfonamides is 1. The van der Waals surface area contributed by atoms with E-state index in [4.69, 9.17) is 5.73 Å². The predicted octanol–water partition coefficient (Wildman–Crippen LogP) is 1.38. The summed E-state index contributed by atoms with van der Waals surface area (Å²) in [6.07, 6.45) is -0.899. The van der Waals surface area contributed by atoms with E-state index in [1.807, 2.05) is 0 Å². The van der Waals surface area contributed by atoms with E-state index < -0.39 is 97.7 Å². The third-order valence-corrected chi connectivity index (χ3v) is 9.73. The Balaban J connectivity index is 1.57. The smallest absolute Gasteiger partial charge is 0.255 e. The van der Waals surface area contributed by atoms with E-state index in [1.54, 1.807) is 6.07 Å². The first-order valence-electron chi connectivity index (χ1n) is 12.2. The van der Waals surface area contributed by atoms with Crippen LogP contribution in [-0.2, 0) is 37.4 Å². The van der Waals surface area contributed by atoms with Crippen molar-refractivity contribution in [3.8, 4) is 5.75 Å². The van der Waals surface area contributed by atoms with Crippen molar-refractivity contribution in [3.63, 3.8) is 0 Å². The van der Waals surface area contributed by atoms with Gasteiger partial charge in [-0.2, -0.15) is 4.31 Å². The van der Waals surface area contributed by atoms with Gasteiger partial charge in [0.15, 0.2) is 11.4 Å². The first kappa shape index (κ1) is 27.5. The number of nitrogens with two attached hydrogens (primary N) is 1. The second-order valence-electron chi connectivity index (χ2n) is 10.2. The fourth-order valence-corrected chi connectivity index (χ4v) is 7.11. The molecule has 1 unspecified atom stereocenters. The number of primary amides is 1. The zero-order valence-corrected chi connectivity index (χ0v) is 21.9. The number of fused-ring (bicyclic) bond motifs is 3. The van der Waals surface area contributed by atoms with Crippen LogP contribution in [0.1, 0.15) is 29.5 Å². The lowest BCUT2D eigenvalue weighted by molar-refractivity contribution is -0.147. The topological polar surface area (TPSA) is 196 Å². The summed E-state index contributed by atoms with van der Waals surface area (Å²) in [6, 6.07) is 8.42. The van der Waals surface area contributed by atoms with Crippen LogP contribution in [0.25, 0.3) is 5.76 Å². The molecule has 0 saturated heterocycles. The predicted molar refractivity (Wildman–Crippen MR) is 136 cm³/mol. The van der Waals surface area contributed by atoms with Gasteiger partial charge < -0.3 is 26.2 Å². The van der Waals surface area contributed by atoms with Gasteiger partial charge in [0, 0.05) is 42.6 Å². The van der Waals surface area contributed by atoms with Crippen LogP contribution in [0.5, 0.6) is 5.75 Å². The molecule has 13 heteroatoms. The molecule has 0 bridgehead atoms. The summed E-state index contributed by atoms with van der Waals surface area (Å²) in [5.74, 6) is -9.09. The molecule has 0 spiro atoms. The van der Waals surface area contributed by atoms with Crippen LogP contribution < -0.4 is 5.73 Å². The highest BCUT2D eigenvalue weighted by atomic mass is 32.2. The van der Waals surface area contributed by atoms with Crippen molar-refractivity contribution in [3.05, 3.63) is 75.8 Å². The SMILES string of the molecule is CN(Cc1cc(O)c2c(c1F)CC1C[C@H]3CC(=O)C(C(N)=O)=C(O)[C@@]3(O)C(=O)C1=C2O)S(=O)(=O)c1ccccc1. The zero-order chi connectivity index (χ0) is 29.3. The number of nitrogens with zero attached hydrogens (tertiary/aromatic N) is 1. The minimum absolute atomic E-state index is 0.0164. The number of aliphatic hydroxyl groups excluding tert-OH is 2. The lowest BCUT2D eigenvalue weighted by Crippen LogP contribution is -2.58. The molecule has 6 N–H and O–H groups in total. The van der Waals surface area contributed by atoms with Crippen LogP contribution in [0.4, 0.5) is 4.39 Å². The summed E-state index contributed by atoms with van der Waals surface area (Å²) in [5, 5.41) is 43.7. The molecule has 1 amide bonds. The summed E-state index contributed by atoms with van der Waals surface area (Å²) in [7, 11) is -2.76. The van der Waals surface area contributed by atoms with Crippen LogP contribution in [0.3, 0.4) is 0 Å². The molecular formula is C27H25FN2O9S. The summed E-state index contributed by atoms with van der Waals surface area (Å²) < 4.78 is 42.6. The normalized spacial score (nSPS) is 24.6. The van der Waals surface area contributed by atoms with Crippen molar-refractivity contribution in [1.29, 1.82) is 0 Å². The Morgan fingerprint density at radius 2 is 1.80 bits per heavy atom. The highest BCUT2D eigenvalue weighted by Crippen LogP contribution is 2.52. The van der Waals surface area contributed by atoms with E-state index in [0.29, 0.717) is 0 Å². The number of aliphatic hydroxyl groups is 3. The van der Waals surface area contributed by atoms with Gasteiger partial charge in [0.1, 0.15) is 28.7 Å². The second-order valence-corrected chi connectivity index (χ2v) is 12.2. The minimum Gasteiger partial charge on any atom is -0.508 e. The molecule has 0 heterocycles. The molecule has 0 radical (unpaired) electrons. The molecule has 11 nitrogen and oxygen atoms in total. The van der Waals surface area contributed by atoms with Crippen LogP contribution in [-0.4, -0.2) is 63.3 Å². The van der Waals surface area contributed by atoms with Crippen LogP contribution in [0.15, 0.2) is 58.2 Å². The Morgan fingerprint density at radius 1 is 1.15 bits per heavy atom. The Bertz CT molecular complexity index is 1670. The molecule has 1 fully saturated rings. The van der Waals surface area contributed by atoms with E-state index in [-0.39, 0.29) is 28.9 Å². The summed E-state index contributed by atoms with van der Waals surface area (Å²) >= 11 is 0. The van der Waals surface area contributed by atoms with Gasteiger partial charge in [-0.1, -0.05) is 18.2 Å². The number of phenols is 1. The lowest BCUT2D eigenvalue weighted by atomic mass is 9.59. The minimum atomic E-state index is -4.01. The van der Waals surface area contributed by atoms with Gasteiger partial charge >= 0.3 is 0 Å². The maximum Gasteiger partial charge on any atom is 0.255 e. The molecule has 1 saturated carbocycles. The fraction of sp³-hybridized carbons (Fsp3) is 0.296. The quantitative estimate of drug-likeness (QED) is 0.329. The van der Waals surface area contributed by atoms with Gasteiger partial charge in [-0.3, -0.25) is 14.4 Å². The maximum atomic E-state index is 15.8. The largest absolute Gasteiger partial charge is 0.508 e. The number of halogens is 1. The van der Waals surface area contributed by atoms with Gasteiger partial charge in [0.05, 0.1) is 10.5 Å². The number of aromatic hydroxyl groups is 1. The lowest BCUT2D eigenvalue weighted by Gasteiger charge is -2.46. The van der Waals surface area contributed by atoms with Crippen LogP contribution in [0, 0.1) is 17.7 Å². The van der Waals surface area contributed by atoms with Crippen molar-refractivity contribution < 1.29 is 47.6 Å². The molecule has 0 aliphatic heterocycles. The van der Waals surface area contributed by atoms with Crippen LogP contribution in [0.2, 0.25) is 0 Å². The zero-order valence-electron chi connectivity index (χ0n) is 21.1. The molecule has 40 heavy (non-hydrogen) atoms. The van der Waals surface area contributed by atoms with E-state index in [9.17, 15) is 43.2 Å². The summed E-state index contributed by atoms with van der Waals surface area (Å²) in [5.41, 5.74) is 0.354. The van der Waals surface area contributed by atoms with E-state index in [0.717, 1.165) is 10.4 Å². The second kappa shape index (κ2) is 9.25. The van der Waals surface area contributed by atoms with Crippen molar-refractivity contribution in [2.45, 2.75) is 36.3 Å². The van der Waals surface area contributed by atoms with Crippen molar-refractivity contribution in [1.82, 2.24) is 4.31 Å². The van der Waals surface area contributed by atoms with Gasteiger partial charge in [0.25, 0.3) is 5.91 Å². The molecule has 5 rings (SSSR count). The number of benzene rings is 2. The number of carbonyl (C=O) groups excluding carboxylic acids is 3. The van der Waals surface area contributed by atoms with Crippen molar-refractivity contribution in [2.75, 3.05) is 7.05 Å². The molecule has 210 valence electrons. The van der Waals surface area contributed by atoms with E-state index in [2.05, 4.69) is 0 Å². The first-order valence-corrected chi connectivity index (χ1v) is 13.7.